The molecule has 2 aromatic rings. The van der Waals surface area contributed by atoms with Crippen molar-refractivity contribution in [3.8, 4) is 11.5 Å². The number of sulfonamides is 1. The molecule has 0 unspecified atom stereocenters. The summed E-state index contributed by atoms with van der Waals surface area (Å²) in [4.78, 5) is 12.4. The van der Waals surface area contributed by atoms with E-state index in [2.05, 4.69) is 14.9 Å². The first-order valence-corrected chi connectivity index (χ1v) is 10.5. The van der Waals surface area contributed by atoms with Crippen molar-refractivity contribution in [1.29, 1.82) is 0 Å². The summed E-state index contributed by atoms with van der Waals surface area (Å²) in [5.41, 5.74) is 0.490. The van der Waals surface area contributed by atoms with E-state index in [4.69, 9.17) is 4.42 Å². The maximum absolute atomic E-state index is 12.6. The summed E-state index contributed by atoms with van der Waals surface area (Å²) in [5, 5.41) is 7.36. The normalized spacial score (nSPS) is 23.5. The second-order valence-electron chi connectivity index (χ2n) is 7.15. The molecule has 2 atom stereocenters. The van der Waals surface area contributed by atoms with Gasteiger partial charge in [0.05, 0.1) is 4.90 Å². The molecule has 0 aliphatic heterocycles. The Labute approximate surface area is 152 Å². The van der Waals surface area contributed by atoms with E-state index in [0.29, 0.717) is 17.4 Å². The van der Waals surface area contributed by atoms with Gasteiger partial charge in [-0.2, -0.15) is 0 Å². The molecule has 2 aliphatic rings. The summed E-state index contributed by atoms with van der Waals surface area (Å²) in [7, 11) is -3.92. The van der Waals surface area contributed by atoms with Crippen LogP contribution in [0.25, 0.3) is 11.5 Å². The van der Waals surface area contributed by atoms with Gasteiger partial charge in [-0.25, -0.2) is 13.1 Å². The van der Waals surface area contributed by atoms with Gasteiger partial charge < -0.3 is 4.42 Å². The van der Waals surface area contributed by atoms with Gasteiger partial charge in [-0.15, -0.1) is 10.2 Å². The number of carbonyl (C=O) groups excluding carboxylic acids is 1. The molecule has 26 heavy (non-hydrogen) atoms. The van der Waals surface area contributed by atoms with Crippen molar-refractivity contribution in [1.82, 2.24) is 14.9 Å². The minimum atomic E-state index is -3.92. The fourth-order valence-electron chi connectivity index (χ4n) is 3.96. The number of nitrogens with one attached hydrogen (secondary N) is 1. The predicted octanol–water partition coefficient (Wildman–Crippen LogP) is 2.76. The molecule has 1 aromatic heterocycles. The molecule has 0 saturated heterocycles. The third-order valence-electron chi connectivity index (χ3n) is 5.42. The van der Waals surface area contributed by atoms with Crippen LogP contribution in [0.1, 0.15) is 38.5 Å². The highest BCUT2D eigenvalue weighted by atomic mass is 32.2. The van der Waals surface area contributed by atoms with Crippen molar-refractivity contribution in [2.45, 2.75) is 43.4 Å². The van der Waals surface area contributed by atoms with Crippen LogP contribution in [-0.2, 0) is 14.8 Å². The minimum Gasteiger partial charge on any atom is -0.423 e. The second kappa shape index (κ2) is 6.83. The van der Waals surface area contributed by atoms with E-state index in [9.17, 15) is 13.2 Å². The monoisotopic (exact) mass is 375 g/mol. The number of hydrogen-bond acceptors (Lipinski definition) is 6. The third kappa shape index (κ3) is 3.51. The molecule has 4 rings (SSSR count). The van der Waals surface area contributed by atoms with E-state index in [-0.39, 0.29) is 22.6 Å². The fraction of sp³-hybridized carbons (Fsp3) is 0.500. The molecular weight excluding hydrogens is 354 g/mol. The Balaban J connectivity index is 1.44. The molecule has 1 heterocycles. The standard InChI is InChI=1S/C18H21N3O4S/c22-17(16-10-15(16)12-5-2-1-3-6-12)21-26(23,24)14-8-4-7-13(9-14)18-20-19-11-25-18/h4,7-9,11-12,15-16H,1-3,5-6,10H2,(H,21,22)/t15-,16+/m1/s1. The van der Waals surface area contributed by atoms with Crippen molar-refractivity contribution in [3.63, 3.8) is 0 Å². The average molecular weight is 375 g/mol. The molecule has 2 fully saturated rings. The Kier molecular flexibility index (Phi) is 4.52. The lowest BCUT2D eigenvalue weighted by molar-refractivity contribution is -0.121. The van der Waals surface area contributed by atoms with E-state index < -0.39 is 10.0 Å². The lowest BCUT2D eigenvalue weighted by Crippen LogP contribution is -2.32. The minimum absolute atomic E-state index is 0.0106. The van der Waals surface area contributed by atoms with Gasteiger partial charge in [0.2, 0.25) is 18.2 Å². The number of rotatable bonds is 5. The van der Waals surface area contributed by atoms with Gasteiger partial charge in [0, 0.05) is 11.5 Å². The molecule has 1 N–H and O–H groups in total. The zero-order valence-corrected chi connectivity index (χ0v) is 15.1. The van der Waals surface area contributed by atoms with Crippen LogP contribution in [0.2, 0.25) is 0 Å². The Bertz CT molecular complexity index is 889. The Morgan fingerprint density at radius 3 is 2.73 bits per heavy atom. The highest BCUT2D eigenvalue weighted by molar-refractivity contribution is 7.90. The molecule has 0 radical (unpaired) electrons. The molecule has 2 saturated carbocycles. The second-order valence-corrected chi connectivity index (χ2v) is 8.83. The molecule has 1 aromatic carbocycles. The Hall–Kier alpha value is -2.22. The molecule has 0 bridgehead atoms. The summed E-state index contributed by atoms with van der Waals surface area (Å²) in [5.74, 6) is 0.585. The molecule has 138 valence electrons. The third-order valence-corrected chi connectivity index (χ3v) is 6.76. The zero-order valence-electron chi connectivity index (χ0n) is 14.3. The average Bonchev–Trinajstić information content (AvgIpc) is 3.28. The molecule has 1 amide bonds. The van der Waals surface area contributed by atoms with Gasteiger partial charge in [0.1, 0.15) is 0 Å². The summed E-state index contributed by atoms with van der Waals surface area (Å²) in [6.45, 7) is 0. The zero-order chi connectivity index (χ0) is 18.1. The van der Waals surface area contributed by atoms with Gasteiger partial charge in [0.25, 0.3) is 10.0 Å². The van der Waals surface area contributed by atoms with E-state index in [1.165, 1.54) is 37.8 Å². The van der Waals surface area contributed by atoms with Crippen molar-refractivity contribution < 1.29 is 17.6 Å². The summed E-state index contributed by atoms with van der Waals surface area (Å²) in [6.07, 6.45) is 8.00. The fourth-order valence-corrected chi connectivity index (χ4v) is 5.04. The molecule has 0 spiro atoms. The Morgan fingerprint density at radius 2 is 2.00 bits per heavy atom. The summed E-state index contributed by atoms with van der Waals surface area (Å²) >= 11 is 0. The quantitative estimate of drug-likeness (QED) is 0.862. The molecule has 8 heteroatoms. The largest absolute Gasteiger partial charge is 0.423 e. The van der Waals surface area contributed by atoms with Crippen LogP contribution < -0.4 is 4.72 Å². The predicted molar refractivity (Wildman–Crippen MR) is 93.2 cm³/mol. The van der Waals surface area contributed by atoms with Crippen LogP contribution in [0.5, 0.6) is 0 Å². The van der Waals surface area contributed by atoms with Crippen molar-refractivity contribution >= 4 is 15.9 Å². The van der Waals surface area contributed by atoms with Gasteiger partial charge >= 0.3 is 0 Å². The van der Waals surface area contributed by atoms with E-state index in [1.54, 1.807) is 12.1 Å². The molecular formula is C18H21N3O4S. The molecule has 7 nitrogen and oxygen atoms in total. The van der Waals surface area contributed by atoms with Gasteiger partial charge in [-0.3, -0.25) is 4.79 Å². The number of amides is 1. The van der Waals surface area contributed by atoms with Crippen LogP contribution in [0.3, 0.4) is 0 Å². The van der Waals surface area contributed by atoms with Crippen molar-refractivity contribution in [2.75, 3.05) is 0 Å². The maximum Gasteiger partial charge on any atom is 0.264 e. The van der Waals surface area contributed by atoms with Gasteiger partial charge in [0.15, 0.2) is 0 Å². The Morgan fingerprint density at radius 1 is 1.19 bits per heavy atom. The summed E-state index contributed by atoms with van der Waals surface area (Å²) < 4.78 is 32.5. The van der Waals surface area contributed by atoms with Crippen LogP contribution in [0.15, 0.2) is 40.0 Å². The molecule has 2 aliphatic carbocycles. The highest BCUT2D eigenvalue weighted by Crippen LogP contribution is 2.49. The van der Waals surface area contributed by atoms with E-state index in [1.807, 2.05) is 0 Å². The first-order valence-electron chi connectivity index (χ1n) is 8.98. The lowest BCUT2D eigenvalue weighted by atomic mass is 9.85. The SMILES string of the molecule is O=C(NS(=O)(=O)c1cccc(-c2nnco2)c1)[C@H]1C[C@@H]1C1CCCCC1. The summed E-state index contributed by atoms with van der Waals surface area (Å²) in [6, 6.07) is 6.13. The number of aromatic nitrogens is 2. The van der Waals surface area contributed by atoms with Crippen LogP contribution >= 0.6 is 0 Å². The van der Waals surface area contributed by atoms with Crippen LogP contribution in [0, 0.1) is 17.8 Å². The number of carbonyl (C=O) groups is 1. The lowest BCUT2D eigenvalue weighted by Gasteiger charge is -2.21. The first kappa shape index (κ1) is 17.2. The number of nitrogens with zero attached hydrogens (tertiary/aromatic N) is 2. The van der Waals surface area contributed by atoms with Crippen molar-refractivity contribution in [3.05, 3.63) is 30.7 Å². The topological polar surface area (TPSA) is 102 Å². The smallest absolute Gasteiger partial charge is 0.264 e. The van der Waals surface area contributed by atoms with Crippen LogP contribution in [-0.4, -0.2) is 24.5 Å². The first-order chi connectivity index (χ1) is 12.5. The number of hydrogen-bond donors (Lipinski definition) is 1. The van der Waals surface area contributed by atoms with E-state index in [0.717, 1.165) is 19.3 Å². The maximum atomic E-state index is 12.6. The van der Waals surface area contributed by atoms with Crippen LogP contribution in [0.4, 0.5) is 0 Å². The van der Waals surface area contributed by atoms with E-state index >= 15 is 0 Å². The van der Waals surface area contributed by atoms with Gasteiger partial charge in [-0.1, -0.05) is 38.2 Å². The van der Waals surface area contributed by atoms with Gasteiger partial charge in [-0.05, 0) is 36.5 Å². The highest BCUT2D eigenvalue weighted by Gasteiger charge is 2.48. The number of benzene rings is 1. The van der Waals surface area contributed by atoms with Crippen molar-refractivity contribution in [2.24, 2.45) is 17.8 Å².